The van der Waals surface area contributed by atoms with Gasteiger partial charge in [0.1, 0.15) is 5.76 Å². The molecule has 146 valence electrons. The third-order valence-corrected chi connectivity index (χ3v) is 5.67. The van der Waals surface area contributed by atoms with Gasteiger partial charge in [-0.05, 0) is 24.0 Å². The van der Waals surface area contributed by atoms with E-state index in [0.717, 1.165) is 17.3 Å². The van der Waals surface area contributed by atoms with E-state index in [9.17, 15) is 4.79 Å². The number of hydrogen-bond donors (Lipinski definition) is 1. The number of carbonyl (C=O) groups is 1. The molecule has 0 aromatic carbocycles. The number of imidazole rings is 1. The molecular formula is C17H26Cl2N4O2S. The van der Waals surface area contributed by atoms with Gasteiger partial charge < -0.3 is 19.6 Å². The summed E-state index contributed by atoms with van der Waals surface area (Å²) in [7, 11) is 1.95. The second-order valence-corrected chi connectivity index (χ2v) is 7.93. The van der Waals surface area contributed by atoms with Crippen molar-refractivity contribution in [1.82, 2.24) is 14.5 Å². The summed E-state index contributed by atoms with van der Waals surface area (Å²) in [5.74, 6) is 1.77. The van der Waals surface area contributed by atoms with E-state index >= 15 is 0 Å². The first-order valence-electron chi connectivity index (χ1n) is 8.10. The van der Waals surface area contributed by atoms with Gasteiger partial charge in [0.25, 0.3) is 5.91 Å². The van der Waals surface area contributed by atoms with Crippen molar-refractivity contribution in [2.75, 3.05) is 13.1 Å². The molecule has 3 rings (SSSR count). The Hall–Kier alpha value is -1.15. The summed E-state index contributed by atoms with van der Waals surface area (Å²) in [5.41, 5.74) is 6.07. The predicted octanol–water partition coefficient (Wildman–Crippen LogP) is 3.35. The van der Waals surface area contributed by atoms with Crippen LogP contribution in [0.4, 0.5) is 0 Å². The van der Waals surface area contributed by atoms with Gasteiger partial charge in [-0.1, -0.05) is 25.6 Å². The van der Waals surface area contributed by atoms with Crippen molar-refractivity contribution in [3.8, 4) is 0 Å². The molecule has 6 nitrogen and oxygen atoms in total. The van der Waals surface area contributed by atoms with Crippen molar-refractivity contribution in [3.05, 3.63) is 36.0 Å². The fourth-order valence-electron chi connectivity index (χ4n) is 2.90. The highest BCUT2D eigenvalue weighted by atomic mass is 35.5. The van der Waals surface area contributed by atoms with Crippen LogP contribution in [0.1, 0.15) is 36.6 Å². The summed E-state index contributed by atoms with van der Waals surface area (Å²) in [6.45, 7) is 5.55. The highest BCUT2D eigenvalue weighted by molar-refractivity contribution is 7.98. The molecule has 1 saturated heterocycles. The Balaban J connectivity index is 0.00000169. The Labute approximate surface area is 170 Å². The van der Waals surface area contributed by atoms with Crippen molar-refractivity contribution in [1.29, 1.82) is 0 Å². The first kappa shape index (κ1) is 22.9. The van der Waals surface area contributed by atoms with Crippen LogP contribution in [-0.2, 0) is 12.8 Å². The zero-order valence-electron chi connectivity index (χ0n) is 15.2. The minimum Gasteiger partial charge on any atom is -0.455 e. The Kier molecular flexibility index (Phi) is 8.07. The summed E-state index contributed by atoms with van der Waals surface area (Å²) in [4.78, 5) is 18.8. The number of thioether (sulfide) groups is 1. The van der Waals surface area contributed by atoms with Crippen LogP contribution >= 0.6 is 36.6 Å². The van der Waals surface area contributed by atoms with E-state index in [-0.39, 0.29) is 42.2 Å². The van der Waals surface area contributed by atoms with Crippen molar-refractivity contribution in [3.63, 3.8) is 0 Å². The van der Waals surface area contributed by atoms with Crippen molar-refractivity contribution < 1.29 is 9.21 Å². The molecule has 26 heavy (non-hydrogen) atoms. The second kappa shape index (κ2) is 9.17. The van der Waals surface area contributed by atoms with Gasteiger partial charge in [-0.3, -0.25) is 4.79 Å². The van der Waals surface area contributed by atoms with Gasteiger partial charge >= 0.3 is 0 Å². The van der Waals surface area contributed by atoms with Crippen LogP contribution in [0.3, 0.4) is 0 Å². The zero-order valence-corrected chi connectivity index (χ0v) is 17.6. The van der Waals surface area contributed by atoms with Gasteiger partial charge in [0.15, 0.2) is 10.9 Å². The van der Waals surface area contributed by atoms with Gasteiger partial charge in [0.05, 0.1) is 5.75 Å². The average molecular weight is 421 g/mol. The fraction of sp³-hybridized carbons (Fsp3) is 0.529. The molecule has 0 bridgehead atoms. The molecule has 1 fully saturated rings. The Morgan fingerprint density at radius 2 is 2.15 bits per heavy atom. The minimum atomic E-state index is -0.0720. The molecule has 9 heteroatoms. The smallest absolute Gasteiger partial charge is 0.289 e. The van der Waals surface area contributed by atoms with Crippen LogP contribution in [0, 0.1) is 5.41 Å². The molecular weight excluding hydrogens is 395 g/mol. The Morgan fingerprint density at radius 1 is 1.42 bits per heavy atom. The zero-order chi connectivity index (χ0) is 17.3. The normalized spacial score (nSPS) is 18.8. The lowest BCUT2D eigenvalue weighted by Gasteiger charge is -2.42. The minimum absolute atomic E-state index is 0. The van der Waals surface area contributed by atoms with Crippen LogP contribution in [0.2, 0.25) is 0 Å². The second-order valence-electron chi connectivity index (χ2n) is 6.99. The highest BCUT2D eigenvalue weighted by Gasteiger charge is 2.36. The number of likely N-dealkylation sites (tertiary alicyclic amines) is 1. The third kappa shape index (κ3) is 4.97. The molecule has 1 atom stereocenters. The Bertz CT molecular complexity index is 732. The quantitative estimate of drug-likeness (QED) is 0.767. The largest absolute Gasteiger partial charge is 0.455 e. The average Bonchev–Trinajstić information content (AvgIpc) is 3.16. The van der Waals surface area contributed by atoms with E-state index in [1.807, 2.05) is 28.8 Å². The summed E-state index contributed by atoms with van der Waals surface area (Å²) >= 11 is 1.58. The first-order valence-corrected chi connectivity index (χ1v) is 9.09. The fourth-order valence-corrected chi connectivity index (χ4v) is 3.73. The van der Waals surface area contributed by atoms with Gasteiger partial charge in [-0.15, -0.1) is 24.8 Å². The van der Waals surface area contributed by atoms with Crippen molar-refractivity contribution in [2.45, 2.75) is 37.2 Å². The lowest BCUT2D eigenvalue weighted by molar-refractivity contribution is 0.0502. The van der Waals surface area contributed by atoms with Crippen molar-refractivity contribution in [2.24, 2.45) is 18.2 Å². The SMILES string of the molecule is Cl.Cl.Cn1ccnc1SCc1ccc(C(=O)N2CCC(N)C(C)(C)C2)o1. The molecule has 0 spiro atoms. The molecule has 0 saturated carbocycles. The van der Waals surface area contributed by atoms with Crippen LogP contribution in [0.25, 0.3) is 0 Å². The standard InChI is InChI=1S/C17H24N4O2S.2ClH/c1-17(2)11-21(8-6-14(17)18)15(22)13-5-4-12(23-13)10-24-16-19-7-9-20(16)3;;/h4-5,7,9,14H,6,8,10-11,18H2,1-3H3;2*1H. The highest BCUT2D eigenvalue weighted by Crippen LogP contribution is 2.29. The number of piperidine rings is 1. The number of hydrogen-bond acceptors (Lipinski definition) is 5. The van der Waals surface area contributed by atoms with Crippen LogP contribution < -0.4 is 5.73 Å². The summed E-state index contributed by atoms with van der Waals surface area (Å²) in [5, 5.41) is 0.922. The maximum absolute atomic E-state index is 12.7. The van der Waals surface area contributed by atoms with Gasteiger partial charge in [0, 0.05) is 38.6 Å². The van der Waals surface area contributed by atoms with E-state index in [2.05, 4.69) is 18.8 Å². The predicted molar refractivity (Wildman–Crippen MR) is 108 cm³/mol. The molecule has 2 aromatic rings. The number of furan rings is 1. The molecule has 2 N–H and O–H groups in total. The van der Waals surface area contributed by atoms with E-state index in [0.29, 0.717) is 24.6 Å². The number of carbonyl (C=O) groups excluding carboxylic acids is 1. The Morgan fingerprint density at radius 3 is 2.77 bits per heavy atom. The van der Waals surface area contributed by atoms with Gasteiger partial charge in [-0.2, -0.15) is 0 Å². The number of halogens is 2. The van der Waals surface area contributed by atoms with Crippen LogP contribution in [-0.4, -0.2) is 39.5 Å². The number of nitrogens with two attached hydrogens (primary N) is 1. The maximum atomic E-state index is 12.7. The topological polar surface area (TPSA) is 77.3 Å². The summed E-state index contributed by atoms with van der Waals surface area (Å²) in [6.07, 6.45) is 4.49. The molecule has 0 aliphatic carbocycles. The number of aromatic nitrogens is 2. The molecule has 0 radical (unpaired) electrons. The molecule has 1 aliphatic heterocycles. The number of amides is 1. The lowest BCUT2D eigenvalue weighted by Crippen LogP contribution is -2.53. The van der Waals surface area contributed by atoms with E-state index in [1.165, 1.54) is 0 Å². The first-order chi connectivity index (χ1) is 11.4. The van der Waals surface area contributed by atoms with Crippen LogP contribution in [0.15, 0.2) is 34.1 Å². The lowest BCUT2D eigenvalue weighted by atomic mass is 9.79. The van der Waals surface area contributed by atoms with Gasteiger partial charge in [0.2, 0.25) is 0 Å². The van der Waals surface area contributed by atoms with Gasteiger partial charge in [-0.25, -0.2) is 4.98 Å². The van der Waals surface area contributed by atoms with E-state index in [4.69, 9.17) is 10.2 Å². The number of rotatable bonds is 4. The molecule has 3 heterocycles. The third-order valence-electron chi connectivity index (χ3n) is 4.59. The number of aryl methyl sites for hydroxylation is 1. The molecule has 1 aliphatic rings. The monoisotopic (exact) mass is 420 g/mol. The number of nitrogens with zero attached hydrogens (tertiary/aromatic N) is 3. The molecule has 1 amide bonds. The van der Waals surface area contributed by atoms with E-state index < -0.39 is 0 Å². The van der Waals surface area contributed by atoms with Crippen LogP contribution in [0.5, 0.6) is 0 Å². The molecule has 1 unspecified atom stereocenters. The maximum Gasteiger partial charge on any atom is 0.289 e. The summed E-state index contributed by atoms with van der Waals surface area (Å²) in [6, 6.07) is 3.75. The van der Waals surface area contributed by atoms with Crippen molar-refractivity contribution >= 4 is 42.5 Å². The van der Waals surface area contributed by atoms with E-state index in [1.54, 1.807) is 24.0 Å². The summed E-state index contributed by atoms with van der Waals surface area (Å²) < 4.78 is 7.71. The molecule has 2 aromatic heterocycles.